The Kier molecular flexibility index (Phi) is 6.70. The number of aliphatic hydroxyl groups excluding tert-OH is 1. The molecular formula is C27H27F2NO5S. The molecule has 2 aromatic rings. The molecule has 6 nitrogen and oxygen atoms in total. The molecule has 3 aliphatic rings. The molecule has 0 radical (unpaired) electrons. The minimum Gasteiger partial charge on any atom is -0.430 e. The van der Waals surface area contributed by atoms with Gasteiger partial charge < -0.3 is 9.84 Å². The summed E-state index contributed by atoms with van der Waals surface area (Å²) in [5.41, 5.74) is 0.869. The highest BCUT2D eigenvalue weighted by atomic mass is 32.2. The third kappa shape index (κ3) is 4.95. The number of hydrogen-bond acceptors (Lipinski definition) is 5. The van der Waals surface area contributed by atoms with E-state index in [9.17, 15) is 27.1 Å². The van der Waals surface area contributed by atoms with Crippen LogP contribution in [0.5, 0.6) is 0 Å². The number of anilines is 1. The maximum Gasteiger partial charge on any atom is 0.317 e. The highest BCUT2D eigenvalue weighted by molar-refractivity contribution is 7.92. The SMILES string of the molecule is O=C1OC2=CC=CCCCC2C(O)C1C(c1cccc(NS(=O)(=O)c2ccc(F)cc2F)c1)C1CC1. The number of carbonyl (C=O) groups is 1. The van der Waals surface area contributed by atoms with E-state index in [2.05, 4.69) is 4.72 Å². The van der Waals surface area contributed by atoms with Crippen molar-refractivity contribution in [2.45, 2.75) is 49.0 Å². The minimum absolute atomic E-state index is 0.151. The van der Waals surface area contributed by atoms with Gasteiger partial charge in [-0.3, -0.25) is 9.52 Å². The summed E-state index contributed by atoms with van der Waals surface area (Å²) in [4.78, 5) is 12.5. The van der Waals surface area contributed by atoms with Crippen LogP contribution >= 0.6 is 0 Å². The first-order valence-electron chi connectivity index (χ1n) is 12.1. The Bertz CT molecular complexity index is 1340. The van der Waals surface area contributed by atoms with E-state index in [0.29, 0.717) is 23.8 Å². The summed E-state index contributed by atoms with van der Waals surface area (Å²) < 4.78 is 61.0. The number of hydrogen-bond donors (Lipinski definition) is 2. The van der Waals surface area contributed by atoms with Crippen molar-refractivity contribution in [3.63, 3.8) is 0 Å². The lowest BCUT2D eigenvalue weighted by atomic mass is 9.72. The van der Waals surface area contributed by atoms with E-state index >= 15 is 0 Å². The Morgan fingerprint density at radius 1 is 1.08 bits per heavy atom. The third-order valence-corrected chi connectivity index (χ3v) is 8.56. The highest BCUT2D eigenvalue weighted by Gasteiger charge is 2.50. The van der Waals surface area contributed by atoms with Gasteiger partial charge in [-0.1, -0.05) is 24.3 Å². The number of ether oxygens (including phenoxy) is 1. The number of sulfonamides is 1. The molecule has 9 heteroatoms. The summed E-state index contributed by atoms with van der Waals surface area (Å²) in [5, 5.41) is 11.4. The van der Waals surface area contributed by atoms with E-state index in [1.54, 1.807) is 24.3 Å². The lowest BCUT2D eigenvalue weighted by Crippen LogP contribution is -2.45. The van der Waals surface area contributed by atoms with Crippen LogP contribution in [-0.2, 0) is 19.6 Å². The fourth-order valence-corrected chi connectivity index (χ4v) is 6.41. The number of fused-ring (bicyclic) bond motifs is 1. The van der Waals surface area contributed by atoms with Crippen molar-refractivity contribution >= 4 is 21.7 Å². The molecule has 0 spiro atoms. The molecule has 1 saturated carbocycles. The van der Waals surface area contributed by atoms with Gasteiger partial charge in [0.05, 0.1) is 12.0 Å². The van der Waals surface area contributed by atoms with Gasteiger partial charge in [0.15, 0.2) is 0 Å². The molecule has 1 saturated heterocycles. The van der Waals surface area contributed by atoms with Crippen molar-refractivity contribution in [2.75, 3.05) is 4.72 Å². The summed E-state index contributed by atoms with van der Waals surface area (Å²) in [6, 6.07) is 8.83. The van der Waals surface area contributed by atoms with Crippen LogP contribution in [0.4, 0.5) is 14.5 Å². The van der Waals surface area contributed by atoms with Gasteiger partial charge in [0.1, 0.15) is 22.3 Å². The topological polar surface area (TPSA) is 92.7 Å². The molecule has 4 atom stereocenters. The molecule has 1 aliphatic heterocycles. The fourth-order valence-electron chi connectivity index (χ4n) is 5.30. The van der Waals surface area contributed by atoms with Crippen molar-refractivity contribution in [1.82, 2.24) is 0 Å². The molecule has 2 aromatic carbocycles. The molecule has 190 valence electrons. The molecule has 2 fully saturated rings. The standard InChI is InChI=1S/C27H27F2NO5S/c28-18-12-13-23(21(29)15-18)36(33,34)30-19-7-5-6-17(14-19)24(16-10-11-16)25-26(31)20-8-3-1-2-4-9-22(20)35-27(25)32/h2,4-7,9,12-16,20,24-26,30-31H,1,3,8,10-11H2. The van der Waals surface area contributed by atoms with Crippen molar-refractivity contribution in [2.24, 2.45) is 17.8 Å². The van der Waals surface area contributed by atoms with Crippen LogP contribution in [0.25, 0.3) is 0 Å². The zero-order chi connectivity index (χ0) is 25.4. The lowest BCUT2D eigenvalue weighted by Gasteiger charge is -2.39. The van der Waals surface area contributed by atoms with Gasteiger partial charge >= 0.3 is 5.97 Å². The predicted molar refractivity (Wildman–Crippen MR) is 129 cm³/mol. The monoisotopic (exact) mass is 515 g/mol. The van der Waals surface area contributed by atoms with Crippen molar-refractivity contribution in [3.8, 4) is 0 Å². The van der Waals surface area contributed by atoms with Crippen LogP contribution in [-0.4, -0.2) is 25.6 Å². The molecular weight excluding hydrogens is 488 g/mol. The number of halogens is 2. The first kappa shape index (κ1) is 24.6. The van der Waals surface area contributed by atoms with E-state index in [0.717, 1.165) is 37.8 Å². The Morgan fingerprint density at radius 3 is 2.64 bits per heavy atom. The maximum absolute atomic E-state index is 14.1. The molecule has 1 heterocycles. The largest absolute Gasteiger partial charge is 0.430 e. The molecule has 2 aliphatic carbocycles. The summed E-state index contributed by atoms with van der Waals surface area (Å²) >= 11 is 0. The average molecular weight is 516 g/mol. The summed E-state index contributed by atoms with van der Waals surface area (Å²) in [6.07, 6.45) is 8.89. The van der Waals surface area contributed by atoms with Gasteiger partial charge in [-0.05, 0) is 73.9 Å². The molecule has 5 rings (SSSR count). The summed E-state index contributed by atoms with van der Waals surface area (Å²) in [7, 11) is -4.32. The van der Waals surface area contributed by atoms with Gasteiger partial charge in [-0.2, -0.15) is 0 Å². The predicted octanol–water partition coefficient (Wildman–Crippen LogP) is 5.03. The Balaban J connectivity index is 1.45. The highest BCUT2D eigenvalue weighted by Crippen LogP contribution is 2.51. The number of benzene rings is 2. The molecule has 2 N–H and O–H groups in total. The smallest absolute Gasteiger partial charge is 0.317 e. The zero-order valence-electron chi connectivity index (χ0n) is 19.4. The number of esters is 1. The van der Waals surface area contributed by atoms with E-state index in [1.807, 2.05) is 12.2 Å². The van der Waals surface area contributed by atoms with Crippen LogP contribution in [0.3, 0.4) is 0 Å². The maximum atomic E-state index is 14.1. The van der Waals surface area contributed by atoms with Gasteiger partial charge in [0.2, 0.25) is 0 Å². The second-order valence-corrected chi connectivity index (χ2v) is 11.3. The number of rotatable bonds is 6. The second-order valence-electron chi connectivity index (χ2n) is 9.64. The van der Waals surface area contributed by atoms with Gasteiger partial charge in [-0.25, -0.2) is 17.2 Å². The van der Waals surface area contributed by atoms with Gasteiger partial charge in [-0.15, -0.1) is 0 Å². The van der Waals surface area contributed by atoms with Crippen molar-refractivity contribution in [1.29, 1.82) is 0 Å². The Hall–Kier alpha value is -3.04. The zero-order valence-corrected chi connectivity index (χ0v) is 20.3. The van der Waals surface area contributed by atoms with Crippen LogP contribution in [0.15, 0.2) is 71.3 Å². The van der Waals surface area contributed by atoms with Crippen LogP contribution in [0.2, 0.25) is 0 Å². The van der Waals surface area contributed by atoms with Gasteiger partial charge in [0, 0.05) is 23.6 Å². The van der Waals surface area contributed by atoms with Crippen LogP contribution in [0, 0.1) is 29.4 Å². The molecule has 0 aromatic heterocycles. The van der Waals surface area contributed by atoms with E-state index in [1.165, 1.54) is 6.07 Å². The Labute approximate surface area is 208 Å². The fraction of sp³-hybridized carbons (Fsp3) is 0.370. The van der Waals surface area contributed by atoms with Crippen LogP contribution < -0.4 is 4.72 Å². The van der Waals surface area contributed by atoms with Crippen LogP contribution in [0.1, 0.15) is 43.6 Å². The van der Waals surface area contributed by atoms with Crippen molar-refractivity contribution in [3.05, 3.63) is 83.6 Å². The summed E-state index contributed by atoms with van der Waals surface area (Å²) in [6.45, 7) is 0. The second kappa shape index (κ2) is 9.78. The first-order valence-corrected chi connectivity index (χ1v) is 13.6. The number of allylic oxidation sites excluding steroid dienone is 3. The molecule has 0 bridgehead atoms. The number of aliphatic hydroxyl groups is 1. The minimum atomic E-state index is -4.32. The summed E-state index contributed by atoms with van der Waals surface area (Å²) in [5.74, 6) is -3.36. The molecule has 36 heavy (non-hydrogen) atoms. The average Bonchev–Trinajstić information content (AvgIpc) is 3.62. The normalized spacial score (nSPS) is 25.1. The van der Waals surface area contributed by atoms with E-state index in [-0.39, 0.29) is 23.4 Å². The lowest BCUT2D eigenvalue weighted by molar-refractivity contribution is -0.160. The quantitative estimate of drug-likeness (QED) is 0.527. The Morgan fingerprint density at radius 2 is 1.89 bits per heavy atom. The molecule has 4 unspecified atom stereocenters. The molecule has 0 amide bonds. The number of nitrogens with one attached hydrogen (secondary N) is 1. The number of carbonyl (C=O) groups excluding carboxylic acids is 1. The first-order chi connectivity index (χ1) is 17.2. The third-order valence-electron chi connectivity index (χ3n) is 7.14. The van der Waals surface area contributed by atoms with E-state index < -0.39 is 44.5 Å². The van der Waals surface area contributed by atoms with Gasteiger partial charge in [0.25, 0.3) is 10.0 Å². The van der Waals surface area contributed by atoms with E-state index in [4.69, 9.17) is 4.74 Å². The van der Waals surface area contributed by atoms with Crippen molar-refractivity contribution < 1.29 is 31.8 Å².